The van der Waals surface area contributed by atoms with Gasteiger partial charge in [-0.25, -0.2) is 0 Å². The van der Waals surface area contributed by atoms with Crippen molar-refractivity contribution in [3.05, 3.63) is 42.2 Å². The lowest BCUT2D eigenvalue weighted by molar-refractivity contribution is 0.0773. The molecule has 3 nitrogen and oxygen atoms in total. The Labute approximate surface area is 95.3 Å². The van der Waals surface area contributed by atoms with Gasteiger partial charge in [0.05, 0.1) is 0 Å². The van der Waals surface area contributed by atoms with E-state index in [-0.39, 0.29) is 5.91 Å². The van der Waals surface area contributed by atoms with Crippen molar-refractivity contribution in [2.45, 2.75) is 13.8 Å². The Morgan fingerprint density at radius 3 is 2.69 bits per heavy atom. The average molecular weight is 216 g/mol. The number of carbonyl (C=O) groups excluding carboxylic acids is 1. The van der Waals surface area contributed by atoms with E-state index in [0.29, 0.717) is 0 Å². The molecule has 0 aliphatic rings. The maximum Gasteiger partial charge on any atom is 0.253 e. The zero-order valence-corrected chi connectivity index (χ0v) is 9.68. The lowest BCUT2D eigenvalue weighted by atomic mass is 10.2. The highest BCUT2D eigenvalue weighted by Crippen LogP contribution is 2.10. The molecule has 0 aliphatic carbocycles. The van der Waals surface area contributed by atoms with Gasteiger partial charge in [-0.15, -0.1) is 0 Å². The Morgan fingerprint density at radius 2 is 2.00 bits per heavy atom. The second-order valence-corrected chi connectivity index (χ2v) is 3.73. The number of rotatable bonds is 3. The van der Waals surface area contributed by atoms with E-state index in [0.717, 1.165) is 24.2 Å². The normalized spacial score (nSPS) is 10.6. The van der Waals surface area contributed by atoms with Gasteiger partial charge in [-0.1, -0.05) is 0 Å². The molecule has 0 aliphatic heterocycles. The fraction of sp³-hybridized carbons (Fsp3) is 0.308. The number of pyridine rings is 1. The van der Waals surface area contributed by atoms with Crippen molar-refractivity contribution in [2.75, 3.05) is 13.1 Å². The molecule has 0 N–H and O–H groups in total. The SMILES string of the molecule is CCN(CC)C(=O)c1ccn2cccc2c1. The first-order chi connectivity index (χ1) is 7.76. The number of hydrogen-bond acceptors (Lipinski definition) is 1. The van der Waals surface area contributed by atoms with Crippen molar-refractivity contribution < 1.29 is 4.79 Å². The molecular formula is C13H16N2O. The van der Waals surface area contributed by atoms with Crippen LogP contribution >= 0.6 is 0 Å². The molecule has 16 heavy (non-hydrogen) atoms. The van der Waals surface area contributed by atoms with Gasteiger partial charge in [-0.3, -0.25) is 4.79 Å². The lowest BCUT2D eigenvalue weighted by Gasteiger charge is -2.18. The third-order valence-corrected chi connectivity index (χ3v) is 2.83. The Bertz CT molecular complexity index is 497. The summed E-state index contributed by atoms with van der Waals surface area (Å²) in [4.78, 5) is 13.9. The second-order valence-electron chi connectivity index (χ2n) is 3.73. The van der Waals surface area contributed by atoms with E-state index in [1.807, 2.05) is 59.8 Å². The van der Waals surface area contributed by atoms with Crippen LogP contribution in [0.3, 0.4) is 0 Å². The van der Waals surface area contributed by atoms with E-state index >= 15 is 0 Å². The van der Waals surface area contributed by atoms with Gasteiger partial charge < -0.3 is 9.30 Å². The number of amides is 1. The minimum Gasteiger partial charge on any atom is -0.339 e. The third-order valence-electron chi connectivity index (χ3n) is 2.83. The summed E-state index contributed by atoms with van der Waals surface area (Å²) in [7, 11) is 0. The minimum absolute atomic E-state index is 0.105. The quantitative estimate of drug-likeness (QED) is 0.773. The van der Waals surface area contributed by atoms with Crippen LogP contribution in [0.1, 0.15) is 24.2 Å². The summed E-state index contributed by atoms with van der Waals surface area (Å²) in [6.45, 7) is 5.50. The van der Waals surface area contributed by atoms with E-state index < -0.39 is 0 Å². The van der Waals surface area contributed by atoms with Crippen LogP contribution in [0.25, 0.3) is 5.52 Å². The third kappa shape index (κ3) is 1.81. The van der Waals surface area contributed by atoms with Gasteiger partial charge in [-0.05, 0) is 38.1 Å². The highest BCUT2D eigenvalue weighted by Gasteiger charge is 2.12. The lowest BCUT2D eigenvalue weighted by Crippen LogP contribution is -2.30. The van der Waals surface area contributed by atoms with Crippen LogP contribution in [-0.4, -0.2) is 28.3 Å². The van der Waals surface area contributed by atoms with Gasteiger partial charge >= 0.3 is 0 Å². The number of carbonyl (C=O) groups is 1. The van der Waals surface area contributed by atoms with Gasteiger partial charge in [0.1, 0.15) is 0 Å². The smallest absolute Gasteiger partial charge is 0.253 e. The first-order valence-corrected chi connectivity index (χ1v) is 5.62. The molecule has 0 atom stereocenters. The predicted octanol–water partition coefficient (Wildman–Crippen LogP) is 2.42. The standard InChI is InChI=1S/C13H16N2O/c1-3-14(4-2)13(16)11-7-9-15-8-5-6-12(15)10-11/h5-10H,3-4H2,1-2H3. The van der Waals surface area contributed by atoms with Crippen molar-refractivity contribution in [1.82, 2.24) is 9.30 Å². The molecular weight excluding hydrogens is 200 g/mol. The summed E-state index contributed by atoms with van der Waals surface area (Å²) in [5.41, 5.74) is 1.81. The van der Waals surface area contributed by atoms with Crippen molar-refractivity contribution in [3.63, 3.8) is 0 Å². The monoisotopic (exact) mass is 216 g/mol. The van der Waals surface area contributed by atoms with Crippen LogP contribution in [0.4, 0.5) is 0 Å². The highest BCUT2D eigenvalue weighted by atomic mass is 16.2. The Morgan fingerprint density at radius 1 is 1.25 bits per heavy atom. The molecule has 0 saturated heterocycles. The van der Waals surface area contributed by atoms with E-state index in [1.54, 1.807) is 0 Å². The van der Waals surface area contributed by atoms with Crippen LogP contribution in [-0.2, 0) is 0 Å². The zero-order valence-electron chi connectivity index (χ0n) is 9.68. The van der Waals surface area contributed by atoms with E-state index in [4.69, 9.17) is 0 Å². The maximum atomic E-state index is 12.1. The predicted molar refractivity (Wildman–Crippen MR) is 64.6 cm³/mol. The zero-order chi connectivity index (χ0) is 11.5. The minimum atomic E-state index is 0.105. The van der Waals surface area contributed by atoms with Gasteiger partial charge in [0.15, 0.2) is 0 Å². The number of aromatic nitrogens is 1. The van der Waals surface area contributed by atoms with Crippen molar-refractivity contribution in [2.24, 2.45) is 0 Å². The molecule has 0 bridgehead atoms. The van der Waals surface area contributed by atoms with Crippen LogP contribution in [0.2, 0.25) is 0 Å². The average Bonchev–Trinajstić information content (AvgIpc) is 2.77. The van der Waals surface area contributed by atoms with E-state index in [2.05, 4.69) is 0 Å². The molecule has 0 fully saturated rings. The van der Waals surface area contributed by atoms with Crippen molar-refractivity contribution >= 4 is 11.4 Å². The van der Waals surface area contributed by atoms with Crippen LogP contribution in [0, 0.1) is 0 Å². The summed E-state index contributed by atoms with van der Waals surface area (Å²) in [6.07, 6.45) is 3.90. The molecule has 84 valence electrons. The van der Waals surface area contributed by atoms with E-state index in [9.17, 15) is 4.79 Å². The fourth-order valence-electron chi connectivity index (χ4n) is 1.86. The van der Waals surface area contributed by atoms with Crippen molar-refractivity contribution in [1.29, 1.82) is 0 Å². The second kappa shape index (κ2) is 4.39. The molecule has 2 aromatic rings. The molecule has 2 heterocycles. The van der Waals surface area contributed by atoms with Gasteiger partial charge in [0.25, 0.3) is 5.91 Å². The summed E-state index contributed by atoms with van der Waals surface area (Å²) < 4.78 is 2.00. The summed E-state index contributed by atoms with van der Waals surface area (Å²) in [5.74, 6) is 0.105. The van der Waals surface area contributed by atoms with E-state index in [1.165, 1.54) is 0 Å². The molecule has 0 aromatic carbocycles. The first kappa shape index (κ1) is 10.7. The summed E-state index contributed by atoms with van der Waals surface area (Å²) in [6, 6.07) is 7.77. The molecule has 0 radical (unpaired) electrons. The van der Waals surface area contributed by atoms with Crippen LogP contribution in [0.5, 0.6) is 0 Å². The van der Waals surface area contributed by atoms with Gasteiger partial charge in [-0.2, -0.15) is 0 Å². The van der Waals surface area contributed by atoms with Crippen LogP contribution in [0.15, 0.2) is 36.7 Å². The Hall–Kier alpha value is -1.77. The largest absolute Gasteiger partial charge is 0.339 e. The molecule has 0 saturated carbocycles. The Kier molecular flexibility index (Phi) is 2.95. The molecule has 3 heteroatoms. The molecule has 0 spiro atoms. The molecule has 0 unspecified atom stereocenters. The topological polar surface area (TPSA) is 24.7 Å². The van der Waals surface area contributed by atoms with Crippen LogP contribution < -0.4 is 0 Å². The number of fused-ring (bicyclic) bond motifs is 1. The Balaban J connectivity index is 2.35. The highest BCUT2D eigenvalue weighted by molar-refractivity contribution is 5.95. The van der Waals surface area contributed by atoms with Gasteiger partial charge in [0, 0.05) is 36.6 Å². The molecule has 2 rings (SSSR count). The number of hydrogen-bond donors (Lipinski definition) is 0. The fourth-order valence-corrected chi connectivity index (χ4v) is 1.86. The molecule has 1 amide bonds. The maximum absolute atomic E-state index is 12.1. The number of nitrogens with zero attached hydrogens (tertiary/aromatic N) is 2. The van der Waals surface area contributed by atoms with Crippen molar-refractivity contribution in [3.8, 4) is 0 Å². The first-order valence-electron chi connectivity index (χ1n) is 5.62. The van der Waals surface area contributed by atoms with Gasteiger partial charge in [0.2, 0.25) is 0 Å². The summed E-state index contributed by atoms with van der Waals surface area (Å²) >= 11 is 0. The summed E-state index contributed by atoms with van der Waals surface area (Å²) in [5, 5.41) is 0. The molecule has 2 aromatic heterocycles.